The molecule has 0 heterocycles. The lowest BCUT2D eigenvalue weighted by Crippen LogP contribution is -2.60. The predicted octanol–water partition coefficient (Wildman–Crippen LogP) is 3.17. The first-order valence-electron chi connectivity index (χ1n) is 8.02. The Balaban J connectivity index is 1.86. The lowest BCUT2D eigenvalue weighted by Gasteiger charge is -2.60. The molecule has 4 bridgehead atoms. The number of carbonyl (C=O) groups excluding carboxylic acids is 1. The van der Waals surface area contributed by atoms with Crippen molar-refractivity contribution in [1.82, 2.24) is 0 Å². The Kier molecular flexibility index (Phi) is 2.94. The minimum atomic E-state index is -0.871. The van der Waals surface area contributed by atoms with E-state index in [1.165, 1.54) is 12.1 Å². The summed E-state index contributed by atoms with van der Waals surface area (Å²) in [6.45, 7) is 0. The number of carboxylic acids is 1. The zero-order chi connectivity index (χ0) is 15.5. The summed E-state index contributed by atoms with van der Waals surface area (Å²) in [6, 6.07) is 6.14. The van der Waals surface area contributed by atoms with Crippen molar-refractivity contribution in [2.45, 2.75) is 37.5 Å². The quantitative estimate of drug-likeness (QED) is 0.933. The molecule has 5 atom stereocenters. The highest BCUT2D eigenvalue weighted by Gasteiger charge is 2.62. The molecular weight excluding hydrogens is 283 g/mol. The number of halogens is 1. The van der Waals surface area contributed by atoms with E-state index >= 15 is 0 Å². The van der Waals surface area contributed by atoms with E-state index in [9.17, 15) is 19.1 Å². The first kappa shape index (κ1) is 13.9. The van der Waals surface area contributed by atoms with Crippen LogP contribution >= 0.6 is 0 Å². The lowest BCUT2D eigenvalue weighted by atomic mass is 9.42. The van der Waals surface area contributed by atoms with E-state index in [-0.39, 0.29) is 35.8 Å². The van der Waals surface area contributed by atoms with E-state index in [0.29, 0.717) is 5.92 Å². The second kappa shape index (κ2) is 4.64. The standard InChI is InChI=1S/C18H19FO3/c19-14-3-1-12(2-4-14)18(9-16(20)21)13-6-10-5-11(8-13)17(22)15(18)7-10/h1-4,10-11,13,15H,5-9H2,(H,20,21)/t10?,11?,13?,15?,18-/m1/s1. The van der Waals surface area contributed by atoms with Crippen molar-refractivity contribution in [2.24, 2.45) is 23.7 Å². The molecule has 5 rings (SSSR count). The van der Waals surface area contributed by atoms with E-state index in [1.54, 1.807) is 12.1 Å². The number of carbonyl (C=O) groups is 2. The van der Waals surface area contributed by atoms with E-state index in [0.717, 1.165) is 31.2 Å². The van der Waals surface area contributed by atoms with Crippen LogP contribution in [0.3, 0.4) is 0 Å². The number of carboxylic acid groups (broad SMARTS) is 1. The van der Waals surface area contributed by atoms with Gasteiger partial charge in [-0.2, -0.15) is 0 Å². The number of hydrogen-bond donors (Lipinski definition) is 1. The number of benzene rings is 1. The van der Waals surface area contributed by atoms with Crippen molar-refractivity contribution in [2.75, 3.05) is 0 Å². The van der Waals surface area contributed by atoms with Crippen LogP contribution in [0.1, 0.15) is 37.7 Å². The van der Waals surface area contributed by atoms with Gasteiger partial charge in [-0.3, -0.25) is 9.59 Å². The monoisotopic (exact) mass is 302 g/mol. The Morgan fingerprint density at radius 3 is 2.59 bits per heavy atom. The number of aliphatic carboxylic acids is 1. The molecule has 1 aromatic carbocycles. The van der Waals surface area contributed by atoms with Crippen LogP contribution in [0.25, 0.3) is 0 Å². The van der Waals surface area contributed by atoms with E-state index in [1.807, 2.05) is 0 Å². The van der Waals surface area contributed by atoms with Crippen molar-refractivity contribution in [3.05, 3.63) is 35.6 Å². The number of hydrogen-bond acceptors (Lipinski definition) is 2. The average molecular weight is 302 g/mol. The first-order chi connectivity index (χ1) is 10.5. The third-order valence-corrected chi connectivity index (χ3v) is 6.30. The summed E-state index contributed by atoms with van der Waals surface area (Å²) < 4.78 is 13.3. The van der Waals surface area contributed by atoms with Gasteiger partial charge in [0.05, 0.1) is 6.42 Å². The van der Waals surface area contributed by atoms with Crippen molar-refractivity contribution >= 4 is 11.8 Å². The fourth-order valence-electron chi connectivity index (χ4n) is 5.58. The molecule has 22 heavy (non-hydrogen) atoms. The number of Topliss-reactive ketones (excluding diaryl/α,β-unsaturated/α-hetero) is 1. The normalized spacial score (nSPS) is 39.2. The van der Waals surface area contributed by atoms with Gasteiger partial charge in [-0.1, -0.05) is 12.1 Å². The van der Waals surface area contributed by atoms with E-state index in [2.05, 4.69) is 0 Å². The van der Waals surface area contributed by atoms with Crippen LogP contribution in [-0.4, -0.2) is 16.9 Å². The minimum Gasteiger partial charge on any atom is -0.481 e. The van der Waals surface area contributed by atoms with Gasteiger partial charge < -0.3 is 5.11 Å². The molecule has 0 amide bonds. The lowest BCUT2D eigenvalue weighted by molar-refractivity contribution is -0.156. The highest BCUT2D eigenvalue weighted by atomic mass is 19.1. The maximum absolute atomic E-state index is 13.3. The first-order valence-corrected chi connectivity index (χ1v) is 8.02. The molecule has 0 spiro atoms. The van der Waals surface area contributed by atoms with Gasteiger partial charge in [0, 0.05) is 17.3 Å². The van der Waals surface area contributed by atoms with E-state index in [4.69, 9.17) is 0 Å². The Morgan fingerprint density at radius 2 is 1.91 bits per heavy atom. The Labute approximate surface area is 128 Å². The summed E-state index contributed by atoms with van der Waals surface area (Å²) in [7, 11) is 0. The molecule has 0 aliphatic heterocycles. The summed E-state index contributed by atoms with van der Waals surface area (Å²) >= 11 is 0. The van der Waals surface area contributed by atoms with Crippen LogP contribution in [-0.2, 0) is 15.0 Å². The Hall–Kier alpha value is -1.71. The van der Waals surface area contributed by atoms with E-state index < -0.39 is 11.4 Å². The van der Waals surface area contributed by atoms with Crippen molar-refractivity contribution in [1.29, 1.82) is 0 Å². The van der Waals surface area contributed by atoms with Gasteiger partial charge in [0.25, 0.3) is 0 Å². The van der Waals surface area contributed by atoms with Gasteiger partial charge in [0.2, 0.25) is 0 Å². The van der Waals surface area contributed by atoms with Crippen molar-refractivity contribution in [3.63, 3.8) is 0 Å². The Bertz CT molecular complexity index is 638. The summed E-state index contributed by atoms with van der Waals surface area (Å²) in [4.78, 5) is 24.3. The minimum absolute atomic E-state index is 0.0286. The molecule has 3 nitrogen and oxygen atoms in total. The smallest absolute Gasteiger partial charge is 0.304 e. The summed E-state index contributed by atoms with van der Waals surface area (Å²) in [5, 5.41) is 9.48. The van der Waals surface area contributed by atoms with Crippen LogP contribution in [0.15, 0.2) is 24.3 Å². The number of ketones is 1. The fourth-order valence-corrected chi connectivity index (χ4v) is 5.58. The molecule has 0 aromatic heterocycles. The Morgan fingerprint density at radius 1 is 1.18 bits per heavy atom. The SMILES string of the molecule is O=C(O)C[C@@]1(c2ccc(F)cc2)C2CC3CC(C2)C(=O)C1C3. The molecule has 4 aliphatic rings. The summed E-state index contributed by atoms with van der Waals surface area (Å²) in [5.74, 6) is -0.231. The van der Waals surface area contributed by atoms with Crippen LogP contribution in [0, 0.1) is 29.5 Å². The average Bonchev–Trinajstić information content (AvgIpc) is 2.48. The van der Waals surface area contributed by atoms with Crippen LogP contribution in [0.4, 0.5) is 4.39 Å². The topological polar surface area (TPSA) is 54.4 Å². The number of rotatable bonds is 3. The van der Waals surface area contributed by atoms with Gasteiger partial charge >= 0.3 is 5.97 Å². The van der Waals surface area contributed by atoms with Gasteiger partial charge in [-0.05, 0) is 55.2 Å². The second-order valence-corrected chi connectivity index (χ2v) is 7.28. The van der Waals surface area contributed by atoms with Gasteiger partial charge in [0.1, 0.15) is 11.6 Å². The van der Waals surface area contributed by atoms with Crippen molar-refractivity contribution < 1.29 is 19.1 Å². The third-order valence-electron chi connectivity index (χ3n) is 6.30. The molecule has 4 fully saturated rings. The predicted molar refractivity (Wildman–Crippen MR) is 77.8 cm³/mol. The highest BCUT2D eigenvalue weighted by molar-refractivity contribution is 5.88. The van der Waals surface area contributed by atoms with Crippen LogP contribution < -0.4 is 0 Å². The highest BCUT2D eigenvalue weighted by Crippen LogP contribution is 2.62. The van der Waals surface area contributed by atoms with Crippen molar-refractivity contribution in [3.8, 4) is 0 Å². The molecule has 4 heteroatoms. The fraction of sp³-hybridized carbons (Fsp3) is 0.556. The zero-order valence-electron chi connectivity index (χ0n) is 12.3. The molecule has 0 saturated heterocycles. The maximum Gasteiger partial charge on any atom is 0.304 e. The molecule has 1 N–H and O–H groups in total. The molecule has 116 valence electrons. The zero-order valence-corrected chi connectivity index (χ0v) is 12.3. The molecular formula is C18H19FO3. The second-order valence-electron chi connectivity index (χ2n) is 7.28. The van der Waals surface area contributed by atoms with Crippen LogP contribution in [0.2, 0.25) is 0 Å². The molecule has 0 radical (unpaired) electrons. The largest absolute Gasteiger partial charge is 0.481 e. The third kappa shape index (κ3) is 1.79. The molecule has 4 aliphatic carbocycles. The van der Waals surface area contributed by atoms with Crippen LogP contribution in [0.5, 0.6) is 0 Å². The van der Waals surface area contributed by atoms with Gasteiger partial charge in [0.15, 0.2) is 0 Å². The molecule has 4 saturated carbocycles. The summed E-state index contributed by atoms with van der Waals surface area (Å²) in [5.41, 5.74) is 0.197. The molecule has 1 aromatic rings. The molecule has 4 unspecified atom stereocenters. The maximum atomic E-state index is 13.3. The summed E-state index contributed by atoms with van der Waals surface area (Å²) in [6.07, 6.45) is 3.56. The van der Waals surface area contributed by atoms with Gasteiger partial charge in [-0.25, -0.2) is 4.39 Å². The van der Waals surface area contributed by atoms with Gasteiger partial charge in [-0.15, -0.1) is 0 Å².